The summed E-state index contributed by atoms with van der Waals surface area (Å²) >= 11 is 0. The summed E-state index contributed by atoms with van der Waals surface area (Å²) in [4.78, 5) is 4.90. The quantitative estimate of drug-likeness (QED) is 0.454. The van der Waals surface area contributed by atoms with Crippen molar-refractivity contribution in [2.24, 2.45) is 0 Å². The van der Waals surface area contributed by atoms with Gasteiger partial charge in [0, 0.05) is 12.5 Å². The molecule has 2 heterocycles. The molecule has 0 bridgehead atoms. The van der Waals surface area contributed by atoms with Gasteiger partial charge in [0.05, 0.1) is 27.2 Å². The summed E-state index contributed by atoms with van der Waals surface area (Å²) in [5.74, 6) is 1.06. The van der Waals surface area contributed by atoms with Gasteiger partial charge in [-0.25, -0.2) is 0 Å². The summed E-state index contributed by atoms with van der Waals surface area (Å²) in [7, 11) is 4.35. The first-order valence-corrected chi connectivity index (χ1v) is 9.07. The van der Waals surface area contributed by atoms with Gasteiger partial charge in [-0.1, -0.05) is 25.5 Å². The molecule has 0 aliphatic carbocycles. The van der Waals surface area contributed by atoms with Gasteiger partial charge in [-0.05, 0) is 24.1 Å². The second-order valence-electron chi connectivity index (χ2n) is 6.86. The van der Waals surface area contributed by atoms with E-state index in [9.17, 15) is 5.26 Å². The van der Waals surface area contributed by atoms with Crippen molar-refractivity contribution < 1.29 is 9.30 Å². The van der Waals surface area contributed by atoms with Crippen molar-refractivity contribution in [1.29, 1.82) is 5.26 Å². The summed E-state index contributed by atoms with van der Waals surface area (Å²) in [6.45, 7) is 4.20. The van der Waals surface area contributed by atoms with Crippen molar-refractivity contribution in [3.8, 4) is 6.07 Å². The van der Waals surface area contributed by atoms with Crippen LogP contribution in [-0.2, 0) is 6.42 Å². The first kappa shape index (κ1) is 17.2. The minimum atomic E-state index is 0.751. The normalized spacial score (nSPS) is 11.3. The van der Waals surface area contributed by atoms with Gasteiger partial charge in [0.15, 0.2) is 0 Å². The first-order valence-electron chi connectivity index (χ1n) is 9.07. The molecule has 5 heteroatoms. The molecule has 0 aliphatic heterocycles. The van der Waals surface area contributed by atoms with Gasteiger partial charge in [0.2, 0.25) is 11.5 Å². The van der Waals surface area contributed by atoms with E-state index in [1.165, 1.54) is 4.90 Å². The molecule has 0 aliphatic rings. The lowest BCUT2D eigenvalue weighted by Crippen LogP contribution is -3.05. The zero-order valence-electron chi connectivity index (χ0n) is 15.3. The molecule has 1 aromatic carbocycles. The Bertz CT molecular complexity index is 917. The Morgan fingerprint density at radius 1 is 1.28 bits per heavy atom. The summed E-state index contributed by atoms with van der Waals surface area (Å²) in [6.07, 6.45) is 3.04. The number of rotatable bonds is 7. The van der Waals surface area contributed by atoms with Gasteiger partial charge in [-0.3, -0.25) is 4.98 Å². The molecular weight excluding hydrogens is 310 g/mol. The lowest BCUT2D eigenvalue weighted by Gasteiger charge is -2.09. The predicted octanol–water partition coefficient (Wildman–Crippen LogP) is 1.68. The van der Waals surface area contributed by atoms with Crippen LogP contribution in [0.2, 0.25) is 0 Å². The Morgan fingerprint density at radius 2 is 2.08 bits per heavy atom. The number of pyridine rings is 1. The van der Waals surface area contributed by atoms with Crippen LogP contribution in [0, 0.1) is 11.3 Å². The SMILES string of the molecule is CCCc1cc(NCCC[NH+](C)C)[n+]2c([nH]c3ccccc32)c1C#N. The third-order valence-electron chi connectivity index (χ3n) is 4.52. The molecule has 0 spiro atoms. The Hall–Kier alpha value is -2.58. The molecule has 3 rings (SSSR count). The fraction of sp³-hybridized carbons (Fsp3) is 0.400. The molecule has 0 atom stereocenters. The second-order valence-corrected chi connectivity index (χ2v) is 6.86. The van der Waals surface area contributed by atoms with E-state index in [2.05, 4.69) is 60.0 Å². The number of anilines is 1. The summed E-state index contributed by atoms with van der Waals surface area (Å²) in [5.41, 5.74) is 4.89. The number of nitrogens with zero attached hydrogens (tertiary/aromatic N) is 2. The van der Waals surface area contributed by atoms with Crippen LogP contribution in [0.5, 0.6) is 0 Å². The van der Waals surface area contributed by atoms with Crippen LogP contribution in [-0.4, -0.2) is 32.2 Å². The number of aromatic nitrogens is 2. The minimum Gasteiger partial charge on any atom is -0.340 e. The number of quaternary nitrogens is 1. The van der Waals surface area contributed by atoms with E-state index < -0.39 is 0 Å². The van der Waals surface area contributed by atoms with Crippen LogP contribution in [0.1, 0.15) is 30.9 Å². The van der Waals surface area contributed by atoms with Crippen LogP contribution in [0.4, 0.5) is 5.82 Å². The minimum absolute atomic E-state index is 0.751. The molecule has 0 amide bonds. The maximum Gasteiger partial charge on any atom is 0.250 e. The maximum atomic E-state index is 9.73. The van der Waals surface area contributed by atoms with Crippen LogP contribution in [0.15, 0.2) is 30.3 Å². The Morgan fingerprint density at radius 3 is 2.80 bits per heavy atom. The Balaban J connectivity index is 2.11. The standard InChI is InChI=1S/C20H25N5/c1-4-8-15-13-19(22-11-7-12-24(2)3)25-18-10-6-5-9-17(18)23-20(25)16(15)14-21/h5-6,9-10,13H,4,7-8,11-12H2,1-3H3,(H,22,23)/p+2. The molecule has 0 saturated carbocycles. The number of aromatic amines is 1. The number of hydrogen-bond acceptors (Lipinski definition) is 2. The number of fused-ring (bicyclic) bond motifs is 3. The summed E-state index contributed by atoms with van der Waals surface area (Å²) in [5, 5.41) is 13.3. The van der Waals surface area contributed by atoms with Crippen molar-refractivity contribution in [1.82, 2.24) is 4.98 Å². The molecule has 5 nitrogen and oxygen atoms in total. The average Bonchev–Trinajstić information content (AvgIpc) is 2.98. The van der Waals surface area contributed by atoms with Crippen molar-refractivity contribution >= 4 is 22.5 Å². The van der Waals surface area contributed by atoms with E-state index in [1.54, 1.807) is 0 Å². The van der Waals surface area contributed by atoms with E-state index in [1.807, 2.05) is 12.1 Å². The van der Waals surface area contributed by atoms with Gasteiger partial charge in [0.1, 0.15) is 22.7 Å². The van der Waals surface area contributed by atoms with Gasteiger partial charge in [-0.2, -0.15) is 9.66 Å². The number of nitriles is 1. The van der Waals surface area contributed by atoms with Crippen LogP contribution < -0.4 is 14.6 Å². The molecule has 0 unspecified atom stereocenters. The number of aryl methyl sites for hydroxylation is 1. The maximum absolute atomic E-state index is 9.73. The molecular formula is C20H27N5+2. The zero-order valence-corrected chi connectivity index (χ0v) is 15.3. The highest BCUT2D eigenvalue weighted by Gasteiger charge is 2.21. The van der Waals surface area contributed by atoms with Gasteiger partial charge >= 0.3 is 0 Å². The summed E-state index contributed by atoms with van der Waals surface area (Å²) < 4.78 is 2.15. The fourth-order valence-corrected chi connectivity index (χ4v) is 3.34. The fourth-order valence-electron chi connectivity index (χ4n) is 3.34. The number of H-pyrrole nitrogens is 1. The van der Waals surface area contributed by atoms with Crippen LogP contribution in [0.25, 0.3) is 16.7 Å². The molecule has 0 saturated heterocycles. The van der Waals surface area contributed by atoms with E-state index in [0.29, 0.717) is 0 Å². The topological polar surface area (TPSA) is 60.1 Å². The molecule has 2 aromatic heterocycles. The molecule has 3 aromatic rings. The second kappa shape index (κ2) is 7.54. The van der Waals surface area contributed by atoms with Crippen molar-refractivity contribution in [3.05, 3.63) is 41.5 Å². The lowest BCUT2D eigenvalue weighted by molar-refractivity contribution is -0.858. The molecule has 130 valence electrons. The van der Waals surface area contributed by atoms with Crippen molar-refractivity contribution in [2.75, 3.05) is 32.5 Å². The predicted molar refractivity (Wildman–Crippen MR) is 101 cm³/mol. The largest absolute Gasteiger partial charge is 0.340 e. The highest BCUT2D eigenvalue weighted by Crippen LogP contribution is 2.21. The highest BCUT2D eigenvalue weighted by molar-refractivity contribution is 5.77. The summed E-state index contributed by atoms with van der Waals surface area (Å²) in [6, 6.07) is 12.8. The van der Waals surface area contributed by atoms with Gasteiger partial charge < -0.3 is 10.2 Å². The lowest BCUT2D eigenvalue weighted by atomic mass is 10.1. The monoisotopic (exact) mass is 337 g/mol. The molecule has 25 heavy (non-hydrogen) atoms. The third-order valence-corrected chi connectivity index (χ3v) is 4.52. The Labute approximate surface area is 148 Å². The average molecular weight is 337 g/mol. The van der Waals surface area contributed by atoms with E-state index in [4.69, 9.17) is 0 Å². The zero-order chi connectivity index (χ0) is 17.8. The van der Waals surface area contributed by atoms with Crippen LogP contribution >= 0.6 is 0 Å². The molecule has 0 fully saturated rings. The molecule has 3 N–H and O–H groups in total. The van der Waals surface area contributed by atoms with Gasteiger partial charge in [-0.15, -0.1) is 0 Å². The van der Waals surface area contributed by atoms with E-state index in [0.717, 1.165) is 66.0 Å². The number of imidazole rings is 1. The van der Waals surface area contributed by atoms with Crippen molar-refractivity contribution in [2.45, 2.75) is 26.2 Å². The number of para-hydroxylation sites is 2. The number of nitrogens with one attached hydrogen (secondary N) is 3. The van der Waals surface area contributed by atoms with Gasteiger partial charge in [0.25, 0.3) is 0 Å². The Kier molecular flexibility index (Phi) is 5.20. The van der Waals surface area contributed by atoms with Crippen LogP contribution in [0.3, 0.4) is 0 Å². The van der Waals surface area contributed by atoms with Crippen molar-refractivity contribution in [3.63, 3.8) is 0 Å². The number of hydrogen-bond donors (Lipinski definition) is 3. The first-order chi connectivity index (χ1) is 12.2. The van der Waals surface area contributed by atoms with E-state index >= 15 is 0 Å². The smallest absolute Gasteiger partial charge is 0.250 e. The van der Waals surface area contributed by atoms with E-state index in [-0.39, 0.29) is 0 Å². The molecule has 0 radical (unpaired) electrons. The third kappa shape index (κ3) is 3.45. The highest BCUT2D eigenvalue weighted by atomic mass is 15.1. The number of benzene rings is 1.